The minimum absolute atomic E-state index is 0.845. The molecule has 0 spiro atoms. The maximum Gasteiger partial charge on any atom is 0.0220 e. The van der Waals surface area contributed by atoms with E-state index in [1.165, 1.54) is 31.5 Å². The highest BCUT2D eigenvalue weighted by Gasteiger charge is 2.18. The predicted octanol–water partition coefficient (Wildman–Crippen LogP) is 1.94. The molecule has 0 amide bonds. The Balaban J connectivity index is 1.67. The van der Waals surface area contributed by atoms with E-state index in [1.54, 1.807) is 0 Å². The average molecular weight is 235 g/mol. The second-order valence-corrected chi connectivity index (χ2v) is 5.31. The van der Waals surface area contributed by atoms with Crippen molar-refractivity contribution < 1.29 is 0 Å². The zero-order chi connectivity index (χ0) is 12.1. The summed E-state index contributed by atoms with van der Waals surface area (Å²) in [7, 11) is 2.21. The quantitative estimate of drug-likeness (QED) is 0.813. The van der Waals surface area contributed by atoms with Crippen molar-refractivity contribution in [2.75, 3.05) is 26.7 Å². The molecule has 1 aliphatic rings. The third-order valence-corrected chi connectivity index (χ3v) is 3.54. The van der Waals surface area contributed by atoms with Crippen LogP contribution in [-0.2, 0) is 13.1 Å². The van der Waals surface area contributed by atoms with Crippen molar-refractivity contribution in [2.45, 2.75) is 32.9 Å². The Morgan fingerprint density at radius 1 is 1.47 bits per heavy atom. The molecule has 1 N–H and O–H groups in total. The van der Waals surface area contributed by atoms with Crippen molar-refractivity contribution in [3.05, 3.63) is 24.0 Å². The van der Waals surface area contributed by atoms with E-state index in [9.17, 15) is 0 Å². The second kappa shape index (κ2) is 6.22. The minimum atomic E-state index is 0.845. The summed E-state index contributed by atoms with van der Waals surface area (Å²) in [4.78, 5) is 2.42. The summed E-state index contributed by atoms with van der Waals surface area (Å²) in [6, 6.07) is 2.23. The molecule has 1 unspecified atom stereocenters. The smallest absolute Gasteiger partial charge is 0.0220 e. The number of hydrogen-bond acceptors (Lipinski definition) is 2. The predicted molar refractivity (Wildman–Crippen MR) is 72.0 cm³/mol. The Bertz CT molecular complexity index is 332. The van der Waals surface area contributed by atoms with E-state index in [0.717, 1.165) is 25.6 Å². The van der Waals surface area contributed by atoms with Crippen LogP contribution in [0, 0.1) is 5.92 Å². The molecule has 3 nitrogen and oxygen atoms in total. The van der Waals surface area contributed by atoms with Crippen LogP contribution >= 0.6 is 0 Å². The molecule has 1 fully saturated rings. The van der Waals surface area contributed by atoms with Crippen LogP contribution in [0.3, 0.4) is 0 Å². The van der Waals surface area contributed by atoms with Crippen LogP contribution in [0.1, 0.15) is 25.3 Å². The lowest BCUT2D eigenvalue weighted by molar-refractivity contribution is 0.388. The first-order valence-corrected chi connectivity index (χ1v) is 6.82. The lowest BCUT2D eigenvalue weighted by Crippen LogP contribution is -2.24. The highest BCUT2D eigenvalue weighted by atomic mass is 15.1. The van der Waals surface area contributed by atoms with E-state index in [-0.39, 0.29) is 0 Å². The van der Waals surface area contributed by atoms with Crippen molar-refractivity contribution in [1.82, 2.24) is 14.8 Å². The van der Waals surface area contributed by atoms with E-state index >= 15 is 0 Å². The van der Waals surface area contributed by atoms with E-state index in [2.05, 4.69) is 47.2 Å². The maximum absolute atomic E-state index is 3.58. The molecule has 1 aliphatic heterocycles. The van der Waals surface area contributed by atoms with Crippen molar-refractivity contribution >= 4 is 0 Å². The molecule has 0 aliphatic carbocycles. The topological polar surface area (TPSA) is 20.2 Å². The molecule has 17 heavy (non-hydrogen) atoms. The largest absolute Gasteiger partial charge is 0.354 e. The first-order valence-electron chi connectivity index (χ1n) is 6.82. The standard InChI is InChI=1S/C14H25N3/c1-3-6-17-8-5-14(12-17)10-15-9-13-4-7-16(2)11-13/h5,8,12-13,15H,3-4,6-7,9-11H2,1-2H3. The second-order valence-electron chi connectivity index (χ2n) is 5.31. The molecule has 2 heterocycles. The summed E-state index contributed by atoms with van der Waals surface area (Å²) >= 11 is 0. The van der Waals surface area contributed by atoms with Crippen LogP contribution in [0.5, 0.6) is 0 Å². The molecule has 0 radical (unpaired) electrons. The van der Waals surface area contributed by atoms with Gasteiger partial charge in [0.25, 0.3) is 0 Å². The van der Waals surface area contributed by atoms with Gasteiger partial charge in [-0.3, -0.25) is 0 Å². The molecule has 1 aromatic rings. The van der Waals surface area contributed by atoms with Gasteiger partial charge in [-0.05, 0) is 50.5 Å². The number of aryl methyl sites for hydroxylation is 1. The molecule has 0 bridgehead atoms. The molecule has 0 aromatic carbocycles. The van der Waals surface area contributed by atoms with Crippen molar-refractivity contribution in [1.29, 1.82) is 0 Å². The zero-order valence-corrected chi connectivity index (χ0v) is 11.2. The fourth-order valence-electron chi connectivity index (χ4n) is 2.61. The minimum Gasteiger partial charge on any atom is -0.354 e. The van der Waals surface area contributed by atoms with E-state index in [4.69, 9.17) is 0 Å². The fourth-order valence-corrected chi connectivity index (χ4v) is 2.61. The molecule has 3 heteroatoms. The molecular formula is C14H25N3. The van der Waals surface area contributed by atoms with Gasteiger partial charge in [-0.25, -0.2) is 0 Å². The number of aromatic nitrogens is 1. The first-order chi connectivity index (χ1) is 8.28. The van der Waals surface area contributed by atoms with Crippen LogP contribution in [0.2, 0.25) is 0 Å². The normalized spacial score (nSPS) is 21.2. The number of nitrogens with zero attached hydrogens (tertiary/aromatic N) is 2. The molecule has 1 saturated heterocycles. The Kier molecular flexibility index (Phi) is 4.63. The number of hydrogen-bond donors (Lipinski definition) is 1. The van der Waals surface area contributed by atoms with Gasteiger partial charge in [0.2, 0.25) is 0 Å². The van der Waals surface area contributed by atoms with Crippen LogP contribution < -0.4 is 5.32 Å². The molecule has 1 aromatic heterocycles. The molecule has 2 rings (SSSR count). The summed E-state index contributed by atoms with van der Waals surface area (Å²) in [5.41, 5.74) is 1.41. The van der Waals surface area contributed by atoms with E-state index in [1.807, 2.05) is 0 Å². The fraction of sp³-hybridized carbons (Fsp3) is 0.714. The van der Waals surface area contributed by atoms with Gasteiger partial charge in [0.15, 0.2) is 0 Å². The summed E-state index contributed by atoms with van der Waals surface area (Å²) in [6.45, 7) is 8.03. The molecule has 96 valence electrons. The Labute approximate surface area is 105 Å². The Morgan fingerprint density at radius 2 is 2.35 bits per heavy atom. The van der Waals surface area contributed by atoms with Crippen LogP contribution in [-0.4, -0.2) is 36.1 Å². The van der Waals surface area contributed by atoms with E-state index in [0.29, 0.717) is 0 Å². The number of likely N-dealkylation sites (tertiary alicyclic amines) is 1. The van der Waals surface area contributed by atoms with Crippen LogP contribution in [0.25, 0.3) is 0 Å². The van der Waals surface area contributed by atoms with Gasteiger partial charge < -0.3 is 14.8 Å². The van der Waals surface area contributed by atoms with Gasteiger partial charge in [-0.2, -0.15) is 0 Å². The van der Waals surface area contributed by atoms with Gasteiger partial charge in [0, 0.05) is 32.0 Å². The Hall–Kier alpha value is -0.800. The van der Waals surface area contributed by atoms with Crippen molar-refractivity contribution in [3.8, 4) is 0 Å². The highest BCUT2D eigenvalue weighted by molar-refractivity contribution is 5.09. The molecular weight excluding hydrogens is 210 g/mol. The van der Waals surface area contributed by atoms with Crippen LogP contribution in [0.4, 0.5) is 0 Å². The SMILES string of the molecule is CCCn1ccc(CNCC2CCN(C)C2)c1. The highest BCUT2D eigenvalue weighted by Crippen LogP contribution is 2.13. The van der Waals surface area contributed by atoms with Gasteiger partial charge in [-0.15, -0.1) is 0 Å². The van der Waals surface area contributed by atoms with Gasteiger partial charge in [-0.1, -0.05) is 6.92 Å². The average Bonchev–Trinajstić information content (AvgIpc) is 2.89. The molecule has 0 saturated carbocycles. The molecule has 1 atom stereocenters. The van der Waals surface area contributed by atoms with Gasteiger partial charge in [0.1, 0.15) is 0 Å². The lowest BCUT2D eigenvalue weighted by atomic mass is 10.1. The van der Waals surface area contributed by atoms with Gasteiger partial charge in [0.05, 0.1) is 0 Å². The van der Waals surface area contributed by atoms with Crippen molar-refractivity contribution in [2.24, 2.45) is 5.92 Å². The van der Waals surface area contributed by atoms with E-state index < -0.39 is 0 Å². The number of rotatable bonds is 6. The third kappa shape index (κ3) is 3.86. The third-order valence-electron chi connectivity index (χ3n) is 3.54. The zero-order valence-electron chi connectivity index (χ0n) is 11.2. The summed E-state index contributed by atoms with van der Waals surface area (Å²) in [5.74, 6) is 0.845. The summed E-state index contributed by atoms with van der Waals surface area (Å²) < 4.78 is 2.28. The maximum atomic E-state index is 3.58. The summed E-state index contributed by atoms with van der Waals surface area (Å²) in [6.07, 6.45) is 7.00. The van der Waals surface area contributed by atoms with Gasteiger partial charge >= 0.3 is 0 Å². The summed E-state index contributed by atoms with van der Waals surface area (Å²) in [5, 5.41) is 3.58. The lowest BCUT2D eigenvalue weighted by Gasteiger charge is -2.11. The van der Waals surface area contributed by atoms with Crippen LogP contribution in [0.15, 0.2) is 18.5 Å². The van der Waals surface area contributed by atoms with Crippen molar-refractivity contribution in [3.63, 3.8) is 0 Å². The monoisotopic (exact) mass is 235 g/mol. The number of nitrogens with one attached hydrogen (secondary N) is 1. The first kappa shape index (κ1) is 12.7. The Morgan fingerprint density at radius 3 is 3.06 bits per heavy atom.